The van der Waals surface area contributed by atoms with Crippen molar-refractivity contribution in [1.29, 1.82) is 0 Å². The predicted octanol–water partition coefficient (Wildman–Crippen LogP) is 7.53. The van der Waals surface area contributed by atoms with Gasteiger partial charge in [-0.2, -0.15) is 0 Å². The summed E-state index contributed by atoms with van der Waals surface area (Å²) in [5.41, 5.74) is 0.555. The lowest BCUT2D eigenvalue weighted by Gasteiger charge is -2.25. The van der Waals surface area contributed by atoms with Gasteiger partial charge in [0.15, 0.2) is 0 Å². The number of ether oxygens (including phenoxy) is 5. The first-order valence-electron chi connectivity index (χ1n) is 14.6. The summed E-state index contributed by atoms with van der Waals surface area (Å²) in [5, 5.41) is 0. The van der Waals surface area contributed by atoms with E-state index in [1.165, 1.54) is 71.1 Å². The van der Waals surface area contributed by atoms with Gasteiger partial charge in [-0.05, 0) is 24.8 Å². The van der Waals surface area contributed by atoms with Gasteiger partial charge >= 0.3 is 12.1 Å². The van der Waals surface area contributed by atoms with Gasteiger partial charge in [-0.25, -0.2) is 9.59 Å². The molecule has 0 radical (unpaired) electrons. The minimum Gasteiger partial charge on any atom is -0.432 e. The highest BCUT2D eigenvalue weighted by Gasteiger charge is 2.21. The maximum Gasteiger partial charge on any atom is 0.511 e. The number of rotatable bonds is 23. The Kier molecular flexibility index (Phi) is 18.6. The molecular weight excluding hydrogens is 486 g/mol. The van der Waals surface area contributed by atoms with Gasteiger partial charge in [0.25, 0.3) is 0 Å². The van der Waals surface area contributed by atoms with Crippen LogP contribution in [-0.4, -0.2) is 56.0 Å². The fourth-order valence-electron chi connectivity index (χ4n) is 4.28. The number of hydrogen-bond acceptors (Lipinski definition) is 7. The van der Waals surface area contributed by atoms with Gasteiger partial charge in [-0.15, -0.1) is 0 Å². The van der Waals surface area contributed by atoms with E-state index in [0.29, 0.717) is 25.4 Å². The summed E-state index contributed by atoms with van der Waals surface area (Å²) in [6.45, 7) is 12.8. The lowest BCUT2D eigenvalue weighted by Crippen LogP contribution is -2.23. The lowest BCUT2D eigenvalue weighted by molar-refractivity contribution is -0.0851. The molecule has 0 spiro atoms. The van der Waals surface area contributed by atoms with Gasteiger partial charge in [-0.3, -0.25) is 0 Å². The van der Waals surface area contributed by atoms with E-state index in [0.717, 1.165) is 13.0 Å². The lowest BCUT2D eigenvalue weighted by atomic mass is 9.86. The molecule has 0 aromatic carbocycles. The summed E-state index contributed by atoms with van der Waals surface area (Å²) in [7, 11) is 0. The molecule has 38 heavy (non-hydrogen) atoms. The average molecular weight is 540 g/mol. The number of esters is 1. The fourth-order valence-corrected chi connectivity index (χ4v) is 4.28. The Morgan fingerprint density at radius 1 is 0.842 bits per heavy atom. The minimum atomic E-state index is -1.06. The fraction of sp³-hybridized carbons (Fsp3) is 0.800. The monoisotopic (exact) mass is 539 g/mol. The Labute approximate surface area is 230 Å². The molecule has 0 saturated carbocycles. The predicted molar refractivity (Wildman–Crippen MR) is 149 cm³/mol. The standard InChI is InChI=1S/C30H53NO7/c1-6-8-9-10-11-12-13-14-15-16-18-30(4,5)25-31-19-17-27(24-31)28(32)37-26(3)38-29(33)36-23-22-35-21-20-34-7-2/h17,19,24,26H,6-16,18,20-23,25H2,1-5H3. The Bertz CT molecular complexity index is 747. The molecular formula is C30H53NO7. The van der Waals surface area contributed by atoms with E-state index in [9.17, 15) is 9.59 Å². The highest BCUT2D eigenvalue weighted by atomic mass is 16.8. The van der Waals surface area contributed by atoms with E-state index >= 15 is 0 Å². The van der Waals surface area contributed by atoms with Crippen LogP contribution < -0.4 is 0 Å². The zero-order chi connectivity index (χ0) is 28.1. The summed E-state index contributed by atoms with van der Waals surface area (Å²) < 4.78 is 27.6. The Morgan fingerprint density at radius 2 is 1.45 bits per heavy atom. The van der Waals surface area contributed by atoms with Crippen LogP contribution in [0.25, 0.3) is 0 Å². The minimum absolute atomic E-state index is 0.0450. The van der Waals surface area contributed by atoms with Gasteiger partial charge in [0.05, 0.1) is 25.4 Å². The van der Waals surface area contributed by atoms with Crippen LogP contribution in [0.3, 0.4) is 0 Å². The molecule has 1 aromatic rings. The van der Waals surface area contributed by atoms with Crippen LogP contribution in [0.15, 0.2) is 18.5 Å². The Hall–Kier alpha value is -2.06. The second kappa shape index (κ2) is 20.8. The highest BCUT2D eigenvalue weighted by molar-refractivity contribution is 5.89. The molecule has 1 heterocycles. The molecule has 0 saturated heterocycles. The van der Waals surface area contributed by atoms with Gasteiger partial charge in [0.1, 0.15) is 6.61 Å². The number of nitrogens with zero attached hydrogens (tertiary/aromatic N) is 1. The molecule has 1 atom stereocenters. The van der Waals surface area contributed by atoms with Crippen LogP contribution in [0.5, 0.6) is 0 Å². The van der Waals surface area contributed by atoms with Crippen molar-refractivity contribution >= 4 is 12.1 Å². The largest absolute Gasteiger partial charge is 0.511 e. The van der Waals surface area contributed by atoms with Crippen molar-refractivity contribution in [1.82, 2.24) is 4.57 Å². The topological polar surface area (TPSA) is 85.2 Å². The van der Waals surface area contributed by atoms with Crippen LogP contribution in [0, 0.1) is 5.41 Å². The molecule has 0 aliphatic rings. The van der Waals surface area contributed by atoms with Gasteiger partial charge in [0, 0.05) is 32.5 Å². The van der Waals surface area contributed by atoms with Crippen LogP contribution in [0.1, 0.15) is 116 Å². The summed E-state index contributed by atoms with van der Waals surface area (Å²) in [6.07, 6.45) is 16.2. The molecule has 0 aliphatic heterocycles. The second-order valence-corrected chi connectivity index (χ2v) is 10.7. The molecule has 1 rings (SSSR count). The van der Waals surface area contributed by atoms with Crippen molar-refractivity contribution in [3.8, 4) is 0 Å². The second-order valence-electron chi connectivity index (χ2n) is 10.7. The van der Waals surface area contributed by atoms with Gasteiger partial charge in [-0.1, -0.05) is 85.0 Å². The molecule has 1 unspecified atom stereocenters. The first-order valence-corrected chi connectivity index (χ1v) is 14.6. The number of unbranched alkanes of at least 4 members (excludes halogenated alkanes) is 9. The molecule has 0 bridgehead atoms. The molecule has 8 nitrogen and oxygen atoms in total. The molecule has 220 valence electrons. The maximum absolute atomic E-state index is 12.5. The SMILES string of the molecule is CCCCCCCCCCCCC(C)(C)Cn1ccc(C(=O)OC(C)OC(=O)OCCOCCOCC)c1. The quantitative estimate of drug-likeness (QED) is 0.0807. The molecule has 8 heteroatoms. The number of carbonyl (C=O) groups excluding carboxylic acids is 2. The first kappa shape index (κ1) is 34.0. The van der Waals surface area contributed by atoms with E-state index in [4.69, 9.17) is 23.7 Å². The van der Waals surface area contributed by atoms with E-state index < -0.39 is 18.4 Å². The molecule has 0 fully saturated rings. The summed E-state index contributed by atoms with van der Waals surface area (Å²) in [4.78, 5) is 24.2. The third-order valence-electron chi connectivity index (χ3n) is 6.36. The van der Waals surface area contributed by atoms with E-state index in [1.54, 1.807) is 12.3 Å². The van der Waals surface area contributed by atoms with Crippen LogP contribution in [0.2, 0.25) is 0 Å². The van der Waals surface area contributed by atoms with Crippen molar-refractivity contribution in [2.24, 2.45) is 5.41 Å². The number of aromatic nitrogens is 1. The van der Waals surface area contributed by atoms with Crippen molar-refractivity contribution in [2.75, 3.05) is 33.0 Å². The smallest absolute Gasteiger partial charge is 0.432 e. The molecule has 0 aliphatic carbocycles. The summed E-state index contributed by atoms with van der Waals surface area (Å²) in [6, 6.07) is 1.73. The molecule has 1 aromatic heterocycles. The van der Waals surface area contributed by atoms with Crippen molar-refractivity contribution < 1.29 is 33.3 Å². The van der Waals surface area contributed by atoms with Crippen molar-refractivity contribution in [3.63, 3.8) is 0 Å². The molecule has 0 amide bonds. The van der Waals surface area contributed by atoms with E-state index in [1.807, 2.05) is 17.7 Å². The van der Waals surface area contributed by atoms with Crippen LogP contribution in [0.4, 0.5) is 4.79 Å². The molecule has 0 N–H and O–H groups in total. The normalized spacial score (nSPS) is 12.3. The first-order chi connectivity index (χ1) is 18.3. The average Bonchev–Trinajstić information content (AvgIpc) is 3.32. The van der Waals surface area contributed by atoms with Gasteiger partial charge in [0.2, 0.25) is 6.29 Å². The maximum atomic E-state index is 12.5. The number of hydrogen-bond donors (Lipinski definition) is 0. The van der Waals surface area contributed by atoms with Crippen molar-refractivity contribution in [3.05, 3.63) is 24.0 Å². The summed E-state index contributed by atoms with van der Waals surface area (Å²) >= 11 is 0. The summed E-state index contributed by atoms with van der Waals surface area (Å²) in [5.74, 6) is -0.546. The van der Waals surface area contributed by atoms with E-state index in [-0.39, 0.29) is 18.6 Å². The van der Waals surface area contributed by atoms with Crippen molar-refractivity contribution in [2.45, 2.75) is 118 Å². The van der Waals surface area contributed by atoms with Gasteiger partial charge < -0.3 is 28.3 Å². The zero-order valence-electron chi connectivity index (χ0n) is 24.6. The highest BCUT2D eigenvalue weighted by Crippen LogP contribution is 2.27. The Morgan fingerprint density at radius 3 is 2.11 bits per heavy atom. The Balaban J connectivity index is 2.23. The third kappa shape index (κ3) is 17.4. The van der Waals surface area contributed by atoms with Crippen LogP contribution in [-0.2, 0) is 30.2 Å². The number of carbonyl (C=O) groups is 2. The van der Waals surface area contributed by atoms with E-state index in [2.05, 4.69) is 20.8 Å². The van der Waals surface area contributed by atoms with Crippen LogP contribution >= 0.6 is 0 Å². The third-order valence-corrected chi connectivity index (χ3v) is 6.36. The zero-order valence-corrected chi connectivity index (χ0v) is 24.6.